The minimum atomic E-state index is -0.504. The second kappa shape index (κ2) is 8.47. The van der Waals surface area contributed by atoms with Crippen molar-refractivity contribution in [3.8, 4) is 5.75 Å². The Kier molecular flexibility index (Phi) is 6.34. The summed E-state index contributed by atoms with van der Waals surface area (Å²) in [4.78, 5) is 23.5. The molecule has 0 spiro atoms. The van der Waals surface area contributed by atoms with E-state index < -0.39 is 11.8 Å². The summed E-state index contributed by atoms with van der Waals surface area (Å²) in [5, 5.41) is 16.3. The summed E-state index contributed by atoms with van der Waals surface area (Å²) in [6.45, 7) is -0.243. The molecule has 0 aliphatic heterocycles. The molecule has 0 bridgehead atoms. The van der Waals surface area contributed by atoms with Gasteiger partial charge in [0.1, 0.15) is 5.75 Å². The summed E-state index contributed by atoms with van der Waals surface area (Å²) >= 11 is 9.07. The van der Waals surface area contributed by atoms with Crippen molar-refractivity contribution < 1.29 is 14.7 Å². The predicted molar refractivity (Wildman–Crippen MR) is 95.3 cm³/mol. The van der Waals surface area contributed by atoms with Crippen molar-refractivity contribution in [2.75, 3.05) is 6.54 Å². The Bertz CT molecular complexity index is 796. The summed E-state index contributed by atoms with van der Waals surface area (Å²) in [5.41, 5.74) is 3.06. The summed E-state index contributed by atoms with van der Waals surface area (Å²) < 4.78 is 0.766. The van der Waals surface area contributed by atoms with Gasteiger partial charge in [-0.25, -0.2) is 5.43 Å². The van der Waals surface area contributed by atoms with Crippen LogP contribution in [0.1, 0.15) is 15.9 Å². The van der Waals surface area contributed by atoms with Gasteiger partial charge in [0.25, 0.3) is 11.8 Å². The number of aromatic hydroxyl groups is 1. The molecule has 0 aliphatic carbocycles. The Morgan fingerprint density at radius 3 is 2.79 bits per heavy atom. The highest BCUT2D eigenvalue weighted by molar-refractivity contribution is 9.10. The molecule has 24 heavy (non-hydrogen) atoms. The number of hydrogen-bond donors (Lipinski definition) is 3. The molecule has 6 nitrogen and oxygen atoms in total. The van der Waals surface area contributed by atoms with Crippen molar-refractivity contribution in [2.45, 2.75) is 0 Å². The number of hydrazone groups is 1. The Balaban J connectivity index is 1.84. The second-order valence-corrected chi connectivity index (χ2v) is 6.04. The van der Waals surface area contributed by atoms with Crippen molar-refractivity contribution in [2.24, 2.45) is 5.10 Å². The molecular formula is C16H13BrClN3O3. The SMILES string of the molecule is O=C(CNC(=O)c1cccc(Cl)c1)N/N=C/c1cc(Br)ccc1O. The molecule has 0 saturated heterocycles. The van der Waals surface area contributed by atoms with Crippen LogP contribution in [0.2, 0.25) is 5.02 Å². The van der Waals surface area contributed by atoms with Gasteiger partial charge in [-0.3, -0.25) is 9.59 Å². The van der Waals surface area contributed by atoms with Gasteiger partial charge in [-0.05, 0) is 36.4 Å². The van der Waals surface area contributed by atoms with Gasteiger partial charge in [0.05, 0.1) is 12.8 Å². The Labute approximate surface area is 151 Å². The lowest BCUT2D eigenvalue weighted by atomic mass is 10.2. The van der Waals surface area contributed by atoms with Gasteiger partial charge in [0, 0.05) is 20.6 Å². The number of phenolic OH excluding ortho intramolecular Hbond substituents is 1. The van der Waals surface area contributed by atoms with E-state index in [9.17, 15) is 14.7 Å². The number of amides is 2. The minimum Gasteiger partial charge on any atom is -0.507 e. The molecule has 2 rings (SSSR count). The molecule has 2 aromatic carbocycles. The Morgan fingerprint density at radius 2 is 2.04 bits per heavy atom. The van der Waals surface area contributed by atoms with E-state index in [2.05, 4.69) is 31.8 Å². The largest absolute Gasteiger partial charge is 0.507 e. The zero-order chi connectivity index (χ0) is 17.5. The molecule has 0 aliphatic rings. The van der Waals surface area contributed by atoms with Gasteiger partial charge in [0.15, 0.2) is 0 Å². The molecule has 0 aromatic heterocycles. The molecule has 0 radical (unpaired) electrons. The Hall–Kier alpha value is -2.38. The number of hydrogen-bond acceptors (Lipinski definition) is 4. The van der Waals surface area contributed by atoms with Crippen molar-refractivity contribution >= 4 is 45.6 Å². The highest BCUT2D eigenvalue weighted by Crippen LogP contribution is 2.19. The fourth-order valence-electron chi connectivity index (χ4n) is 1.73. The number of nitrogens with one attached hydrogen (secondary N) is 2. The lowest BCUT2D eigenvalue weighted by Gasteiger charge is -2.04. The fraction of sp³-hybridized carbons (Fsp3) is 0.0625. The molecule has 2 amide bonds. The van der Waals surface area contributed by atoms with Crippen molar-refractivity contribution in [3.05, 3.63) is 63.1 Å². The van der Waals surface area contributed by atoms with E-state index in [0.717, 1.165) is 4.47 Å². The molecular weight excluding hydrogens is 398 g/mol. The highest BCUT2D eigenvalue weighted by Gasteiger charge is 2.08. The van der Waals surface area contributed by atoms with Crippen molar-refractivity contribution in [3.63, 3.8) is 0 Å². The van der Waals surface area contributed by atoms with Gasteiger partial charge < -0.3 is 10.4 Å². The molecule has 124 valence electrons. The molecule has 0 unspecified atom stereocenters. The van der Waals surface area contributed by atoms with Crippen LogP contribution in [0.3, 0.4) is 0 Å². The monoisotopic (exact) mass is 409 g/mol. The third-order valence-electron chi connectivity index (χ3n) is 2.88. The summed E-state index contributed by atoms with van der Waals surface area (Å²) in [5.74, 6) is -0.886. The fourth-order valence-corrected chi connectivity index (χ4v) is 2.30. The first-order valence-corrected chi connectivity index (χ1v) is 7.97. The lowest BCUT2D eigenvalue weighted by molar-refractivity contribution is -0.120. The minimum absolute atomic E-state index is 0.0328. The van der Waals surface area contributed by atoms with E-state index in [1.165, 1.54) is 18.3 Å². The first kappa shape index (κ1) is 18.0. The first-order valence-electron chi connectivity index (χ1n) is 6.80. The molecule has 8 heteroatoms. The number of carbonyl (C=O) groups excluding carboxylic acids is 2. The number of rotatable bonds is 5. The third kappa shape index (κ3) is 5.36. The molecule has 0 atom stereocenters. The summed E-state index contributed by atoms with van der Waals surface area (Å²) in [6.07, 6.45) is 1.30. The van der Waals surface area contributed by atoms with Gasteiger partial charge in [0.2, 0.25) is 0 Å². The average Bonchev–Trinajstić information content (AvgIpc) is 2.56. The van der Waals surface area contributed by atoms with Crippen LogP contribution in [0, 0.1) is 0 Å². The van der Waals surface area contributed by atoms with Gasteiger partial charge in [-0.15, -0.1) is 0 Å². The van der Waals surface area contributed by atoms with E-state index >= 15 is 0 Å². The van der Waals surface area contributed by atoms with Crippen LogP contribution < -0.4 is 10.7 Å². The van der Waals surface area contributed by atoms with Crippen LogP contribution in [-0.4, -0.2) is 29.7 Å². The van der Waals surface area contributed by atoms with Gasteiger partial charge >= 0.3 is 0 Å². The van der Waals surface area contributed by atoms with E-state index in [1.54, 1.807) is 30.3 Å². The molecule has 3 N–H and O–H groups in total. The molecule has 0 heterocycles. The number of phenols is 1. The topological polar surface area (TPSA) is 90.8 Å². The number of carbonyl (C=O) groups is 2. The third-order valence-corrected chi connectivity index (χ3v) is 3.61. The summed E-state index contributed by atoms with van der Waals surface area (Å²) in [6, 6.07) is 11.2. The van der Waals surface area contributed by atoms with Crippen molar-refractivity contribution in [1.82, 2.24) is 10.7 Å². The quantitative estimate of drug-likeness (QED) is 0.523. The van der Waals surface area contributed by atoms with Gasteiger partial charge in [-0.2, -0.15) is 5.10 Å². The van der Waals surface area contributed by atoms with E-state index in [4.69, 9.17) is 11.6 Å². The predicted octanol–water partition coefficient (Wildman–Crippen LogP) is 2.69. The molecule has 0 saturated carbocycles. The lowest BCUT2D eigenvalue weighted by Crippen LogP contribution is -2.34. The normalized spacial score (nSPS) is 10.6. The maximum Gasteiger partial charge on any atom is 0.259 e. The molecule has 2 aromatic rings. The number of halogens is 2. The van der Waals surface area contributed by atoms with Crippen LogP contribution in [-0.2, 0) is 4.79 Å². The maximum absolute atomic E-state index is 11.9. The van der Waals surface area contributed by atoms with Crippen molar-refractivity contribution in [1.29, 1.82) is 0 Å². The second-order valence-electron chi connectivity index (χ2n) is 4.69. The smallest absolute Gasteiger partial charge is 0.259 e. The highest BCUT2D eigenvalue weighted by atomic mass is 79.9. The number of nitrogens with zero attached hydrogens (tertiary/aromatic N) is 1. The van der Waals surface area contributed by atoms with E-state index in [1.807, 2.05) is 0 Å². The van der Waals surface area contributed by atoms with Crippen LogP contribution in [0.5, 0.6) is 5.75 Å². The van der Waals surface area contributed by atoms with Crippen LogP contribution in [0.15, 0.2) is 52.0 Å². The van der Waals surface area contributed by atoms with E-state index in [-0.39, 0.29) is 12.3 Å². The zero-order valence-electron chi connectivity index (χ0n) is 12.3. The van der Waals surface area contributed by atoms with Crippen LogP contribution in [0.25, 0.3) is 0 Å². The number of benzene rings is 2. The average molecular weight is 411 g/mol. The summed E-state index contributed by atoms with van der Waals surface area (Å²) in [7, 11) is 0. The Morgan fingerprint density at radius 1 is 1.25 bits per heavy atom. The standard InChI is InChI=1S/C16H13BrClN3O3/c17-12-4-5-14(22)11(6-12)8-20-21-15(23)9-19-16(24)10-2-1-3-13(18)7-10/h1-8,22H,9H2,(H,19,24)(H,21,23)/b20-8+. The van der Waals surface area contributed by atoms with Crippen LogP contribution >= 0.6 is 27.5 Å². The molecule has 0 fully saturated rings. The zero-order valence-corrected chi connectivity index (χ0v) is 14.6. The van der Waals surface area contributed by atoms with Crippen LogP contribution in [0.4, 0.5) is 0 Å². The van der Waals surface area contributed by atoms with E-state index in [0.29, 0.717) is 16.1 Å². The maximum atomic E-state index is 11.9. The van der Waals surface area contributed by atoms with Gasteiger partial charge in [-0.1, -0.05) is 33.6 Å². The first-order chi connectivity index (χ1) is 11.5.